The van der Waals surface area contributed by atoms with Gasteiger partial charge in [-0.3, -0.25) is 19.3 Å². The lowest BCUT2D eigenvalue weighted by molar-refractivity contribution is -0.143. The van der Waals surface area contributed by atoms with Crippen LogP contribution in [0, 0.1) is 5.92 Å². The minimum absolute atomic E-state index is 0.0603. The van der Waals surface area contributed by atoms with E-state index in [0.717, 1.165) is 77.2 Å². The number of Topliss-reactive ketones (excluding diaryl/α,β-unsaturated/α-hetero) is 1. The van der Waals surface area contributed by atoms with Gasteiger partial charge in [0.2, 0.25) is 5.91 Å². The predicted octanol–water partition coefficient (Wildman–Crippen LogP) is 8.04. The molecule has 7 nitrogen and oxygen atoms in total. The molecule has 7 rings (SSSR count). The van der Waals surface area contributed by atoms with E-state index in [1.807, 2.05) is 6.07 Å². The first-order valence-corrected chi connectivity index (χ1v) is 20.0. The molecule has 1 saturated carbocycles. The molecule has 5 atom stereocenters. The average Bonchev–Trinajstić information content (AvgIpc) is 3.49. The molecule has 52 heavy (non-hydrogen) atoms. The second-order valence-electron chi connectivity index (χ2n) is 15.8. The summed E-state index contributed by atoms with van der Waals surface area (Å²) < 4.78 is 12.9. The second kappa shape index (κ2) is 16.4. The number of esters is 1. The number of aryl methyl sites for hydroxylation is 2. The van der Waals surface area contributed by atoms with E-state index in [1.165, 1.54) is 42.0 Å². The molecule has 2 heterocycles. The first-order valence-electron chi connectivity index (χ1n) is 20.0. The highest BCUT2D eigenvalue weighted by Crippen LogP contribution is 2.64. The first-order chi connectivity index (χ1) is 25.3. The van der Waals surface area contributed by atoms with Crippen LogP contribution >= 0.6 is 0 Å². The van der Waals surface area contributed by atoms with Crippen molar-refractivity contribution in [1.29, 1.82) is 0 Å². The summed E-state index contributed by atoms with van der Waals surface area (Å²) in [5.74, 6) is 1.59. The molecule has 3 aromatic rings. The molecule has 2 bridgehead atoms. The zero-order chi connectivity index (χ0) is 36.1. The molecule has 1 amide bonds. The third-order valence-electron chi connectivity index (χ3n) is 12.4. The highest BCUT2D eigenvalue weighted by Gasteiger charge is 2.66. The Balaban J connectivity index is 1.10. The Bertz CT molecular complexity index is 1710. The number of rotatable bonds is 17. The largest absolute Gasteiger partial charge is 0.483 e. The standard InChI is InChI=1S/C45H56N2O5/c1-32(48)31-46-29-27-45-37-24-25-38(44(45)52-43-40(51-33(2)49)26-23-36(42(43)45)30-39(37)46)47(28-15-14-21-35-19-11-7-12-20-35)41(50)22-13-5-3-4-8-16-34-17-9-6-10-18-34/h6-7,9-12,17-20,23,26,37-39,44H,3-5,8,13-16,21-22,24-25,27-31H2,1-2H3/t37-,38+,39+,44-,45-/m0/s1. The summed E-state index contributed by atoms with van der Waals surface area (Å²) in [5.41, 5.74) is 4.89. The molecule has 2 aliphatic heterocycles. The minimum Gasteiger partial charge on any atom is -0.483 e. The van der Waals surface area contributed by atoms with E-state index in [1.54, 1.807) is 6.92 Å². The van der Waals surface area contributed by atoms with Gasteiger partial charge in [-0.2, -0.15) is 0 Å². The van der Waals surface area contributed by atoms with Gasteiger partial charge in [0, 0.05) is 36.9 Å². The van der Waals surface area contributed by atoms with Crippen LogP contribution in [0.3, 0.4) is 0 Å². The molecule has 3 aromatic carbocycles. The molecular weight excluding hydrogens is 649 g/mol. The van der Waals surface area contributed by atoms with Crippen LogP contribution in [-0.4, -0.2) is 65.3 Å². The van der Waals surface area contributed by atoms with Gasteiger partial charge in [0.1, 0.15) is 11.9 Å². The summed E-state index contributed by atoms with van der Waals surface area (Å²) >= 11 is 0. The van der Waals surface area contributed by atoms with Crippen molar-refractivity contribution in [3.63, 3.8) is 0 Å². The van der Waals surface area contributed by atoms with Gasteiger partial charge in [-0.15, -0.1) is 0 Å². The zero-order valence-corrected chi connectivity index (χ0v) is 31.2. The lowest BCUT2D eigenvalue weighted by atomic mass is 9.51. The van der Waals surface area contributed by atoms with Gasteiger partial charge in [0.15, 0.2) is 11.5 Å². The summed E-state index contributed by atoms with van der Waals surface area (Å²) in [6, 6.07) is 25.5. The molecule has 7 heteroatoms. The van der Waals surface area contributed by atoms with E-state index in [0.29, 0.717) is 36.9 Å². The van der Waals surface area contributed by atoms with Crippen LogP contribution in [0.1, 0.15) is 107 Å². The van der Waals surface area contributed by atoms with Crippen molar-refractivity contribution in [2.45, 2.75) is 127 Å². The van der Waals surface area contributed by atoms with Crippen LogP contribution in [0.4, 0.5) is 0 Å². The first kappa shape index (κ1) is 36.4. The van der Waals surface area contributed by atoms with Crippen LogP contribution in [-0.2, 0) is 39.1 Å². The fourth-order valence-electron chi connectivity index (χ4n) is 10.3. The van der Waals surface area contributed by atoms with Crippen molar-refractivity contribution in [3.05, 3.63) is 95.1 Å². The van der Waals surface area contributed by atoms with E-state index in [-0.39, 0.29) is 41.3 Å². The van der Waals surface area contributed by atoms with E-state index >= 15 is 0 Å². The lowest BCUT2D eigenvalue weighted by Crippen LogP contribution is -2.69. The fourth-order valence-corrected chi connectivity index (χ4v) is 10.3. The Morgan fingerprint density at radius 3 is 2.19 bits per heavy atom. The number of amides is 1. The maximum Gasteiger partial charge on any atom is 0.308 e. The van der Waals surface area contributed by atoms with E-state index in [4.69, 9.17) is 9.47 Å². The highest BCUT2D eigenvalue weighted by molar-refractivity contribution is 5.78. The van der Waals surface area contributed by atoms with Crippen molar-refractivity contribution in [1.82, 2.24) is 9.80 Å². The number of hydrogen-bond donors (Lipinski definition) is 0. The van der Waals surface area contributed by atoms with E-state index in [9.17, 15) is 14.4 Å². The van der Waals surface area contributed by atoms with Crippen LogP contribution in [0.5, 0.6) is 11.5 Å². The lowest BCUT2D eigenvalue weighted by Gasteiger charge is -2.60. The summed E-state index contributed by atoms with van der Waals surface area (Å²) in [5, 5.41) is 0. The number of ether oxygens (including phenoxy) is 2. The molecule has 276 valence electrons. The molecule has 0 radical (unpaired) electrons. The van der Waals surface area contributed by atoms with Crippen molar-refractivity contribution in [2.75, 3.05) is 19.6 Å². The molecule has 0 N–H and O–H groups in total. The maximum atomic E-state index is 14.4. The Morgan fingerprint density at radius 2 is 1.50 bits per heavy atom. The molecule has 0 unspecified atom stereocenters. The number of piperidine rings is 1. The second-order valence-corrected chi connectivity index (χ2v) is 15.8. The van der Waals surface area contributed by atoms with Crippen LogP contribution in [0.2, 0.25) is 0 Å². The number of hydrogen-bond acceptors (Lipinski definition) is 6. The van der Waals surface area contributed by atoms with Crippen molar-refractivity contribution >= 4 is 17.7 Å². The van der Waals surface area contributed by atoms with Gasteiger partial charge in [-0.25, -0.2) is 0 Å². The summed E-state index contributed by atoms with van der Waals surface area (Å²) in [7, 11) is 0. The smallest absolute Gasteiger partial charge is 0.308 e. The number of nitrogens with zero attached hydrogens (tertiary/aromatic N) is 2. The molecule has 0 aromatic heterocycles. The molecule has 4 aliphatic rings. The number of likely N-dealkylation sites (tertiary alicyclic amines) is 1. The normalized spacial score (nSPS) is 24.1. The zero-order valence-electron chi connectivity index (χ0n) is 31.2. The van der Waals surface area contributed by atoms with Gasteiger partial charge in [0.05, 0.1) is 12.6 Å². The Kier molecular flexibility index (Phi) is 11.5. The quantitative estimate of drug-likeness (QED) is 0.0805. The van der Waals surface area contributed by atoms with Gasteiger partial charge < -0.3 is 14.4 Å². The van der Waals surface area contributed by atoms with E-state index in [2.05, 4.69) is 76.5 Å². The molecule has 1 saturated heterocycles. The maximum absolute atomic E-state index is 14.4. The van der Waals surface area contributed by atoms with Crippen molar-refractivity contribution in [3.8, 4) is 11.5 Å². The van der Waals surface area contributed by atoms with Gasteiger partial charge >= 0.3 is 5.97 Å². The monoisotopic (exact) mass is 704 g/mol. The topological polar surface area (TPSA) is 76.2 Å². The third-order valence-corrected chi connectivity index (χ3v) is 12.4. The summed E-state index contributed by atoms with van der Waals surface area (Å²) in [6.45, 7) is 5.13. The van der Waals surface area contributed by atoms with Gasteiger partial charge in [-0.05, 0) is 106 Å². The fraction of sp³-hybridized carbons (Fsp3) is 0.533. The molecule has 2 fully saturated rings. The average molecular weight is 705 g/mol. The molecular formula is C45H56N2O5. The van der Waals surface area contributed by atoms with Crippen LogP contribution in [0.25, 0.3) is 0 Å². The van der Waals surface area contributed by atoms with Crippen molar-refractivity contribution in [2.24, 2.45) is 5.92 Å². The van der Waals surface area contributed by atoms with Gasteiger partial charge in [-0.1, -0.05) is 86.0 Å². The molecule has 2 aliphatic carbocycles. The SMILES string of the molecule is CC(=O)CN1CC[C@]23c4c5ccc(OC(C)=O)c4O[C@H]2[C@H](N(CCCCc2ccccc2)C(=O)CCCCCCCc2ccccc2)CC[C@H]3[C@H]1C5. The Hall–Kier alpha value is -3.97. The van der Waals surface area contributed by atoms with Crippen LogP contribution in [0.15, 0.2) is 72.8 Å². The predicted molar refractivity (Wildman–Crippen MR) is 204 cm³/mol. The number of carbonyl (C=O) groups is 3. The van der Waals surface area contributed by atoms with Gasteiger partial charge in [0.25, 0.3) is 0 Å². The Morgan fingerprint density at radius 1 is 0.827 bits per heavy atom. The van der Waals surface area contributed by atoms with Crippen LogP contribution < -0.4 is 9.47 Å². The summed E-state index contributed by atoms with van der Waals surface area (Å²) in [6.07, 6.45) is 13.5. The van der Waals surface area contributed by atoms with Crippen molar-refractivity contribution < 1.29 is 23.9 Å². The third kappa shape index (κ3) is 7.57. The number of carbonyl (C=O) groups excluding carboxylic acids is 3. The highest BCUT2D eigenvalue weighted by atomic mass is 16.6. The summed E-state index contributed by atoms with van der Waals surface area (Å²) in [4.78, 5) is 43.7. The number of benzene rings is 3. The molecule has 1 spiro atoms. The van der Waals surface area contributed by atoms with E-state index < -0.39 is 0 Å². The number of unbranched alkanes of at least 4 members (excludes halogenated alkanes) is 5. The Labute approximate surface area is 310 Å². The number of ketones is 1. The minimum atomic E-state index is -0.361.